The SMILES string of the molecule is COC(=O)Cn1c(C)c(C2CCC(N(C)C(=O)OCc3ccccc3)CC2)c2cc(F)ccc21. The average molecular weight is 467 g/mol. The topological polar surface area (TPSA) is 60.8 Å². The predicted octanol–water partition coefficient (Wildman–Crippen LogP) is 5.56. The van der Waals surface area contributed by atoms with E-state index >= 15 is 0 Å². The van der Waals surface area contributed by atoms with Crippen LogP contribution in [0.4, 0.5) is 9.18 Å². The van der Waals surface area contributed by atoms with Crippen molar-refractivity contribution in [2.24, 2.45) is 0 Å². The number of ether oxygens (including phenoxy) is 2. The number of carbonyl (C=O) groups excluding carboxylic acids is 2. The molecule has 0 bridgehead atoms. The summed E-state index contributed by atoms with van der Waals surface area (Å²) in [5, 5.41) is 0.848. The number of esters is 1. The molecule has 1 aromatic heterocycles. The van der Waals surface area contributed by atoms with E-state index in [4.69, 9.17) is 9.47 Å². The van der Waals surface area contributed by atoms with Gasteiger partial charge in [-0.3, -0.25) is 4.79 Å². The highest BCUT2D eigenvalue weighted by molar-refractivity contribution is 5.87. The van der Waals surface area contributed by atoms with Crippen molar-refractivity contribution in [3.63, 3.8) is 0 Å². The number of nitrogens with zero attached hydrogens (tertiary/aromatic N) is 2. The zero-order chi connectivity index (χ0) is 24.2. The molecule has 1 saturated carbocycles. The van der Waals surface area contributed by atoms with Gasteiger partial charge in [-0.2, -0.15) is 0 Å². The van der Waals surface area contributed by atoms with Crippen LogP contribution in [0.25, 0.3) is 10.9 Å². The number of hydrogen-bond acceptors (Lipinski definition) is 4. The number of methoxy groups -OCH3 is 1. The Balaban J connectivity index is 1.46. The van der Waals surface area contributed by atoms with Crippen LogP contribution in [0.15, 0.2) is 48.5 Å². The number of rotatable bonds is 6. The van der Waals surface area contributed by atoms with Gasteiger partial charge in [-0.15, -0.1) is 0 Å². The van der Waals surface area contributed by atoms with E-state index in [9.17, 15) is 14.0 Å². The van der Waals surface area contributed by atoms with Crippen LogP contribution in [0, 0.1) is 12.7 Å². The molecule has 0 atom stereocenters. The van der Waals surface area contributed by atoms with Gasteiger partial charge in [0.1, 0.15) is 19.0 Å². The highest BCUT2D eigenvalue weighted by Crippen LogP contribution is 2.41. The molecule has 0 saturated heterocycles. The third kappa shape index (κ3) is 4.93. The molecule has 0 aliphatic heterocycles. The van der Waals surface area contributed by atoms with E-state index < -0.39 is 0 Å². The Morgan fingerprint density at radius 2 is 1.79 bits per heavy atom. The molecule has 7 heteroatoms. The summed E-state index contributed by atoms with van der Waals surface area (Å²) in [6.45, 7) is 2.33. The monoisotopic (exact) mass is 466 g/mol. The van der Waals surface area contributed by atoms with Crippen LogP contribution in [0.2, 0.25) is 0 Å². The minimum absolute atomic E-state index is 0.0931. The Bertz CT molecular complexity index is 1170. The summed E-state index contributed by atoms with van der Waals surface area (Å²) < 4.78 is 26.4. The fourth-order valence-electron chi connectivity index (χ4n) is 5.12. The number of amides is 1. The summed E-state index contributed by atoms with van der Waals surface area (Å²) in [7, 11) is 3.16. The second kappa shape index (κ2) is 10.3. The van der Waals surface area contributed by atoms with Gasteiger partial charge >= 0.3 is 12.1 Å². The van der Waals surface area contributed by atoms with Crippen LogP contribution < -0.4 is 0 Å². The number of hydrogen-bond donors (Lipinski definition) is 0. The van der Waals surface area contributed by atoms with Crippen LogP contribution in [-0.2, 0) is 27.4 Å². The smallest absolute Gasteiger partial charge is 0.410 e. The normalized spacial score (nSPS) is 18.0. The average Bonchev–Trinajstić information content (AvgIpc) is 3.12. The minimum Gasteiger partial charge on any atom is -0.468 e. The third-order valence-electron chi connectivity index (χ3n) is 6.99. The third-order valence-corrected chi connectivity index (χ3v) is 6.99. The molecule has 3 aromatic rings. The van der Waals surface area contributed by atoms with Gasteiger partial charge in [-0.05, 0) is 67.9 Å². The first-order valence-corrected chi connectivity index (χ1v) is 11.7. The van der Waals surface area contributed by atoms with Crippen molar-refractivity contribution in [3.8, 4) is 0 Å². The van der Waals surface area contributed by atoms with Crippen LogP contribution >= 0.6 is 0 Å². The Morgan fingerprint density at radius 1 is 1.09 bits per heavy atom. The molecule has 34 heavy (non-hydrogen) atoms. The zero-order valence-corrected chi connectivity index (χ0v) is 19.9. The van der Waals surface area contributed by atoms with Crippen LogP contribution in [0.1, 0.15) is 48.4 Å². The number of fused-ring (bicyclic) bond motifs is 1. The molecule has 180 valence electrons. The molecule has 1 aliphatic carbocycles. The van der Waals surface area contributed by atoms with Crippen molar-refractivity contribution >= 4 is 23.0 Å². The fraction of sp³-hybridized carbons (Fsp3) is 0.407. The van der Waals surface area contributed by atoms with E-state index in [1.54, 1.807) is 24.1 Å². The van der Waals surface area contributed by atoms with E-state index in [-0.39, 0.29) is 43.0 Å². The maximum atomic E-state index is 14.1. The van der Waals surface area contributed by atoms with Gasteiger partial charge < -0.3 is 18.9 Å². The van der Waals surface area contributed by atoms with E-state index in [1.807, 2.05) is 41.8 Å². The lowest BCUT2D eigenvalue weighted by atomic mass is 9.80. The van der Waals surface area contributed by atoms with Crippen molar-refractivity contribution in [2.45, 2.75) is 57.7 Å². The van der Waals surface area contributed by atoms with Crippen LogP contribution in [0.3, 0.4) is 0 Å². The first-order chi connectivity index (χ1) is 16.4. The number of halogens is 1. The Morgan fingerprint density at radius 3 is 2.47 bits per heavy atom. The molecular weight excluding hydrogens is 435 g/mol. The van der Waals surface area contributed by atoms with Crippen molar-refractivity contribution in [1.82, 2.24) is 9.47 Å². The van der Waals surface area contributed by atoms with Crippen LogP contribution in [0.5, 0.6) is 0 Å². The first-order valence-electron chi connectivity index (χ1n) is 11.7. The second-order valence-electron chi connectivity index (χ2n) is 8.98. The Labute approximate surface area is 199 Å². The van der Waals surface area contributed by atoms with Crippen molar-refractivity contribution in [1.29, 1.82) is 0 Å². The molecule has 0 radical (unpaired) electrons. The number of aromatic nitrogens is 1. The molecular formula is C27H31FN2O4. The lowest BCUT2D eigenvalue weighted by Gasteiger charge is -2.34. The molecule has 2 aromatic carbocycles. The standard InChI is InChI=1S/C27H31FN2O4/c1-18-26(23-15-21(28)11-14-24(23)30(18)16-25(31)33-3)20-9-12-22(13-10-20)29(2)27(32)34-17-19-7-5-4-6-8-19/h4-8,11,14-15,20,22H,9-10,12-13,16-17H2,1-3H3. The van der Waals surface area contributed by atoms with Gasteiger partial charge in [-0.25, -0.2) is 9.18 Å². The van der Waals surface area contributed by atoms with E-state index in [2.05, 4.69) is 0 Å². The number of benzene rings is 2. The summed E-state index contributed by atoms with van der Waals surface area (Å²) in [5.74, 6) is -0.401. The lowest BCUT2D eigenvalue weighted by Crippen LogP contribution is -2.39. The molecule has 0 unspecified atom stereocenters. The molecule has 1 amide bonds. The van der Waals surface area contributed by atoms with Gasteiger partial charge in [0.25, 0.3) is 0 Å². The van der Waals surface area contributed by atoms with Crippen LogP contribution in [-0.4, -0.2) is 41.7 Å². The largest absolute Gasteiger partial charge is 0.468 e. The Hall–Kier alpha value is -3.35. The van der Waals surface area contributed by atoms with Gasteiger partial charge in [0, 0.05) is 29.7 Å². The molecule has 0 N–H and O–H groups in total. The lowest BCUT2D eigenvalue weighted by molar-refractivity contribution is -0.141. The summed E-state index contributed by atoms with van der Waals surface area (Å²) in [5.41, 5.74) is 3.85. The van der Waals surface area contributed by atoms with E-state index in [0.29, 0.717) is 0 Å². The summed E-state index contributed by atoms with van der Waals surface area (Å²) in [4.78, 5) is 26.3. The van der Waals surface area contributed by atoms with E-state index in [1.165, 1.54) is 13.2 Å². The summed E-state index contributed by atoms with van der Waals surface area (Å²) in [6.07, 6.45) is 3.09. The molecule has 4 rings (SSSR count). The molecule has 0 spiro atoms. The van der Waals surface area contributed by atoms with E-state index in [0.717, 1.165) is 53.4 Å². The highest BCUT2D eigenvalue weighted by atomic mass is 19.1. The van der Waals surface area contributed by atoms with Gasteiger partial charge in [0.15, 0.2) is 0 Å². The first kappa shape index (κ1) is 23.8. The Kier molecular flexibility index (Phi) is 7.20. The summed E-state index contributed by atoms with van der Waals surface area (Å²) in [6, 6.07) is 14.4. The second-order valence-corrected chi connectivity index (χ2v) is 8.98. The minimum atomic E-state index is -0.338. The molecule has 1 heterocycles. The zero-order valence-electron chi connectivity index (χ0n) is 19.9. The highest BCUT2D eigenvalue weighted by Gasteiger charge is 2.31. The van der Waals surface area contributed by atoms with Gasteiger partial charge in [0.05, 0.1) is 7.11 Å². The quantitative estimate of drug-likeness (QED) is 0.447. The summed E-state index contributed by atoms with van der Waals surface area (Å²) >= 11 is 0. The van der Waals surface area contributed by atoms with Crippen molar-refractivity contribution < 1.29 is 23.5 Å². The number of carbonyl (C=O) groups is 2. The molecule has 1 aliphatic rings. The fourth-order valence-corrected chi connectivity index (χ4v) is 5.12. The van der Waals surface area contributed by atoms with Crippen molar-refractivity contribution in [3.05, 3.63) is 71.2 Å². The van der Waals surface area contributed by atoms with Gasteiger partial charge in [-0.1, -0.05) is 30.3 Å². The van der Waals surface area contributed by atoms with Crippen molar-refractivity contribution in [2.75, 3.05) is 14.2 Å². The molecule has 1 fully saturated rings. The maximum absolute atomic E-state index is 14.1. The maximum Gasteiger partial charge on any atom is 0.410 e. The van der Waals surface area contributed by atoms with Gasteiger partial charge in [0.2, 0.25) is 0 Å². The predicted molar refractivity (Wildman–Crippen MR) is 128 cm³/mol. The molecule has 6 nitrogen and oxygen atoms in total.